The van der Waals surface area contributed by atoms with E-state index in [1.54, 1.807) is 48.5 Å². The van der Waals surface area contributed by atoms with Crippen molar-refractivity contribution in [2.75, 3.05) is 4.90 Å². The summed E-state index contributed by atoms with van der Waals surface area (Å²) >= 11 is 0. The number of unbranched alkanes of at least 4 members (excludes halogenated alkanes) is 1. The van der Waals surface area contributed by atoms with Gasteiger partial charge >= 0.3 is 6.18 Å². The summed E-state index contributed by atoms with van der Waals surface area (Å²) in [5.74, 6) is -1.19. The van der Waals surface area contributed by atoms with Crippen molar-refractivity contribution in [1.82, 2.24) is 10.2 Å². The molecular formula is C29H30F3N3O3. The van der Waals surface area contributed by atoms with Crippen LogP contribution < -0.4 is 10.2 Å². The molecule has 0 radical (unpaired) electrons. The van der Waals surface area contributed by atoms with Gasteiger partial charge < -0.3 is 9.80 Å². The van der Waals surface area contributed by atoms with E-state index in [9.17, 15) is 27.6 Å². The fraction of sp³-hybridized carbons (Fsp3) is 0.345. The highest BCUT2D eigenvalue weighted by Crippen LogP contribution is 2.39. The number of fused-ring (bicyclic) bond motifs is 1. The van der Waals surface area contributed by atoms with Gasteiger partial charge in [0.05, 0.1) is 5.57 Å². The molecule has 1 saturated heterocycles. The summed E-state index contributed by atoms with van der Waals surface area (Å²) in [6, 6.07) is 13.0. The molecule has 200 valence electrons. The van der Waals surface area contributed by atoms with Crippen LogP contribution >= 0.6 is 0 Å². The lowest BCUT2D eigenvalue weighted by Crippen LogP contribution is -2.52. The Hall–Kier alpha value is -3.88. The topological polar surface area (TPSA) is 69.7 Å². The maximum Gasteiger partial charge on any atom is 0.414 e. The summed E-state index contributed by atoms with van der Waals surface area (Å²) in [7, 11) is 0. The van der Waals surface area contributed by atoms with Gasteiger partial charge in [0.15, 0.2) is 0 Å². The minimum absolute atomic E-state index is 0.0453. The molecule has 2 aromatic rings. The van der Waals surface area contributed by atoms with E-state index in [-0.39, 0.29) is 43.3 Å². The van der Waals surface area contributed by atoms with Gasteiger partial charge in [-0.25, -0.2) is 0 Å². The van der Waals surface area contributed by atoms with Crippen LogP contribution in [0.4, 0.5) is 18.9 Å². The molecular weight excluding hydrogens is 495 g/mol. The molecule has 1 unspecified atom stereocenters. The second kappa shape index (κ2) is 10.8. The number of para-hydroxylation sites is 1. The number of hydrogen-bond acceptors (Lipinski definition) is 4. The normalized spacial score (nSPS) is 18.2. The van der Waals surface area contributed by atoms with E-state index in [1.807, 2.05) is 6.92 Å². The van der Waals surface area contributed by atoms with Gasteiger partial charge in [0.25, 0.3) is 5.91 Å². The minimum atomic E-state index is -4.50. The van der Waals surface area contributed by atoms with Crippen molar-refractivity contribution < 1.29 is 27.6 Å². The standard InChI is InChI=1S/C29H30F3N3O3/c1-4-5-11-24(29(30,31)32)19(3)35(22-9-7-6-8-10-22)18(2)20-12-13-23-21(16-20)17-34(28(23)38)25-14-15-26(36)33-27(25)37/h6-10,12-13,16,25H,2,4-5,11,14-15,17H2,1,3H3,(H,33,36,37)/b24-19+. The highest BCUT2D eigenvalue weighted by atomic mass is 19.4. The number of rotatable bonds is 8. The van der Waals surface area contributed by atoms with Crippen molar-refractivity contribution in [3.05, 3.63) is 83.1 Å². The maximum atomic E-state index is 14.1. The Morgan fingerprint density at radius 1 is 1.13 bits per heavy atom. The number of anilines is 1. The lowest BCUT2D eigenvalue weighted by molar-refractivity contribution is -0.136. The number of amides is 3. The molecule has 1 fully saturated rings. The van der Waals surface area contributed by atoms with Crippen LogP contribution in [-0.2, 0) is 16.1 Å². The first kappa shape index (κ1) is 27.2. The monoisotopic (exact) mass is 525 g/mol. The van der Waals surface area contributed by atoms with Gasteiger partial charge in [-0.15, -0.1) is 0 Å². The average molecular weight is 526 g/mol. The van der Waals surface area contributed by atoms with Crippen LogP contribution in [0, 0.1) is 0 Å². The number of carbonyl (C=O) groups excluding carboxylic acids is 3. The highest BCUT2D eigenvalue weighted by Gasteiger charge is 2.40. The van der Waals surface area contributed by atoms with Crippen LogP contribution in [0.1, 0.15) is 67.4 Å². The summed E-state index contributed by atoms with van der Waals surface area (Å²) in [5.41, 5.74) is 1.94. The van der Waals surface area contributed by atoms with E-state index >= 15 is 0 Å². The molecule has 1 atom stereocenters. The molecule has 4 rings (SSSR count). The van der Waals surface area contributed by atoms with Crippen LogP contribution in [0.15, 0.2) is 66.4 Å². The third kappa shape index (κ3) is 5.37. The Bertz CT molecular complexity index is 1300. The minimum Gasteiger partial charge on any atom is -0.322 e. The lowest BCUT2D eigenvalue weighted by Gasteiger charge is -2.31. The largest absolute Gasteiger partial charge is 0.414 e. The van der Waals surface area contributed by atoms with Gasteiger partial charge in [0, 0.05) is 35.6 Å². The molecule has 0 saturated carbocycles. The number of nitrogens with one attached hydrogen (secondary N) is 1. The van der Waals surface area contributed by atoms with Crippen LogP contribution in [0.5, 0.6) is 0 Å². The van der Waals surface area contributed by atoms with Crippen molar-refractivity contribution in [3.8, 4) is 0 Å². The molecule has 0 aliphatic carbocycles. The number of hydrogen-bond donors (Lipinski definition) is 1. The smallest absolute Gasteiger partial charge is 0.322 e. The number of piperidine rings is 1. The Kier molecular flexibility index (Phi) is 7.76. The summed E-state index contributed by atoms with van der Waals surface area (Å²) in [6.07, 6.45) is -3.19. The number of carbonyl (C=O) groups is 3. The molecule has 9 heteroatoms. The molecule has 2 aliphatic rings. The number of allylic oxidation sites excluding steroid dienone is 2. The lowest BCUT2D eigenvalue weighted by atomic mass is 10.0. The zero-order valence-corrected chi connectivity index (χ0v) is 21.4. The van der Waals surface area contributed by atoms with E-state index in [1.165, 1.54) is 16.7 Å². The molecule has 2 aromatic carbocycles. The van der Waals surface area contributed by atoms with Crippen molar-refractivity contribution >= 4 is 29.1 Å². The summed E-state index contributed by atoms with van der Waals surface area (Å²) in [5, 5.41) is 2.28. The van der Waals surface area contributed by atoms with Crippen molar-refractivity contribution in [2.45, 2.75) is 64.7 Å². The summed E-state index contributed by atoms with van der Waals surface area (Å²) in [4.78, 5) is 39.9. The van der Waals surface area contributed by atoms with Gasteiger partial charge in [-0.1, -0.05) is 44.2 Å². The SMILES string of the molecule is C=C(c1ccc2c(c1)CN(C1CCC(=O)NC1=O)C2=O)N(/C(C)=C(\CCCC)C(F)(F)F)c1ccccc1. The predicted molar refractivity (Wildman–Crippen MR) is 139 cm³/mol. The molecule has 6 nitrogen and oxygen atoms in total. The van der Waals surface area contributed by atoms with Crippen molar-refractivity contribution in [3.63, 3.8) is 0 Å². The number of imide groups is 1. The Morgan fingerprint density at radius 3 is 2.47 bits per heavy atom. The molecule has 0 spiro atoms. The maximum absolute atomic E-state index is 14.1. The number of alkyl halides is 3. The second-order valence-corrected chi connectivity index (χ2v) is 9.55. The molecule has 2 heterocycles. The molecule has 2 aliphatic heterocycles. The Morgan fingerprint density at radius 2 is 1.84 bits per heavy atom. The number of benzene rings is 2. The number of nitrogens with zero attached hydrogens (tertiary/aromatic N) is 2. The predicted octanol–water partition coefficient (Wildman–Crippen LogP) is 5.95. The zero-order chi connectivity index (χ0) is 27.6. The first-order chi connectivity index (χ1) is 18.0. The first-order valence-corrected chi connectivity index (χ1v) is 12.6. The van der Waals surface area contributed by atoms with Gasteiger partial charge in [-0.05, 0) is 61.6 Å². The fourth-order valence-electron chi connectivity index (χ4n) is 5.03. The first-order valence-electron chi connectivity index (χ1n) is 12.6. The van der Waals surface area contributed by atoms with Crippen LogP contribution in [0.2, 0.25) is 0 Å². The van der Waals surface area contributed by atoms with Crippen molar-refractivity contribution in [1.29, 1.82) is 0 Å². The molecule has 38 heavy (non-hydrogen) atoms. The average Bonchev–Trinajstić information content (AvgIpc) is 3.19. The van der Waals surface area contributed by atoms with E-state index in [0.717, 1.165) is 0 Å². The van der Waals surface area contributed by atoms with E-state index in [0.29, 0.717) is 40.9 Å². The third-order valence-corrected chi connectivity index (χ3v) is 7.04. The molecule has 0 bridgehead atoms. The molecule has 3 amide bonds. The molecule has 0 aromatic heterocycles. The van der Waals surface area contributed by atoms with Gasteiger partial charge in [-0.3, -0.25) is 19.7 Å². The summed E-state index contributed by atoms with van der Waals surface area (Å²) in [6.45, 7) is 7.63. The van der Waals surface area contributed by atoms with E-state index in [2.05, 4.69) is 11.9 Å². The van der Waals surface area contributed by atoms with Gasteiger partial charge in [-0.2, -0.15) is 13.2 Å². The fourth-order valence-corrected chi connectivity index (χ4v) is 5.03. The second-order valence-electron chi connectivity index (χ2n) is 9.55. The van der Waals surface area contributed by atoms with Gasteiger partial charge in [0.2, 0.25) is 11.8 Å². The van der Waals surface area contributed by atoms with Crippen LogP contribution in [0.3, 0.4) is 0 Å². The zero-order valence-electron chi connectivity index (χ0n) is 21.4. The van der Waals surface area contributed by atoms with Crippen LogP contribution in [-0.4, -0.2) is 34.8 Å². The number of halogens is 3. The quantitative estimate of drug-likeness (QED) is 0.433. The highest BCUT2D eigenvalue weighted by molar-refractivity contribution is 6.05. The Balaban J connectivity index is 1.70. The third-order valence-electron chi connectivity index (χ3n) is 7.04. The van der Waals surface area contributed by atoms with Crippen molar-refractivity contribution in [2.24, 2.45) is 0 Å². The van der Waals surface area contributed by atoms with E-state index < -0.39 is 23.7 Å². The molecule has 1 N–H and O–H groups in total. The Labute approximate surface area is 219 Å². The summed E-state index contributed by atoms with van der Waals surface area (Å²) < 4.78 is 42.4. The van der Waals surface area contributed by atoms with Gasteiger partial charge in [0.1, 0.15) is 6.04 Å². The van der Waals surface area contributed by atoms with E-state index in [4.69, 9.17) is 0 Å². The van der Waals surface area contributed by atoms with Crippen LogP contribution in [0.25, 0.3) is 5.70 Å².